The number of benzene rings is 2. The van der Waals surface area contributed by atoms with E-state index in [1.54, 1.807) is 18.2 Å². The molecule has 0 spiro atoms. The van der Waals surface area contributed by atoms with E-state index < -0.39 is 5.97 Å². The van der Waals surface area contributed by atoms with E-state index in [2.05, 4.69) is 10.1 Å². The monoisotopic (exact) mass is 437 g/mol. The van der Waals surface area contributed by atoms with Crippen LogP contribution in [0.5, 0.6) is 17.2 Å². The summed E-state index contributed by atoms with van der Waals surface area (Å²) in [7, 11) is 2.92. The van der Waals surface area contributed by atoms with E-state index in [0.717, 1.165) is 5.56 Å². The van der Waals surface area contributed by atoms with Gasteiger partial charge in [0.05, 0.1) is 18.8 Å². The van der Waals surface area contributed by atoms with Crippen molar-refractivity contribution in [2.75, 3.05) is 14.2 Å². The highest BCUT2D eigenvalue weighted by atomic mass is 32.1. The molecule has 31 heavy (non-hydrogen) atoms. The summed E-state index contributed by atoms with van der Waals surface area (Å²) in [5, 5.41) is 4.36. The number of aromatic nitrogens is 3. The van der Waals surface area contributed by atoms with Gasteiger partial charge in [0.25, 0.3) is 5.56 Å². The maximum Gasteiger partial charge on any atom is 0.308 e. The lowest BCUT2D eigenvalue weighted by Gasteiger charge is -2.13. The molecule has 0 atom stereocenters. The zero-order chi connectivity index (χ0) is 22.0. The molecule has 4 aromatic rings. The summed E-state index contributed by atoms with van der Waals surface area (Å²) in [4.78, 5) is 29.2. The fourth-order valence-electron chi connectivity index (χ4n) is 3.11. The number of carbonyl (C=O) groups is 1. The third-order valence-corrected chi connectivity index (χ3v) is 5.42. The van der Waals surface area contributed by atoms with Crippen LogP contribution in [0.3, 0.4) is 0 Å². The second kappa shape index (κ2) is 8.57. The first kappa shape index (κ1) is 20.5. The molecule has 2 aromatic heterocycles. The molecule has 0 saturated carbocycles. The Hall–Kier alpha value is -3.72. The molecule has 2 aromatic carbocycles. The topological polar surface area (TPSA) is 92.0 Å². The number of carbonyl (C=O) groups excluding carboxylic acids is 1. The van der Waals surface area contributed by atoms with E-state index in [1.165, 1.54) is 37.0 Å². The van der Waals surface area contributed by atoms with E-state index in [4.69, 9.17) is 14.2 Å². The van der Waals surface area contributed by atoms with Crippen molar-refractivity contribution in [1.82, 2.24) is 14.6 Å². The molecule has 0 aliphatic heterocycles. The molecule has 0 fully saturated rings. The van der Waals surface area contributed by atoms with E-state index in [1.807, 2.05) is 30.3 Å². The number of hydrogen-bond donors (Lipinski definition) is 0. The molecule has 0 saturated heterocycles. The molecule has 0 amide bonds. The van der Waals surface area contributed by atoms with Crippen molar-refractivity contribution in [3.05, 3.63) is 74.3 Å². The van der Waals surface area contributed by atoms with E-state index in [-0.39, 0.29) is 11.3 Å². The third kappa shape index (κ3) is 4.26. The quantitative estimate of drug-likeness (QED) is 0.337. The number of fused-ring (bicyclic) bond motifs is 1. The summed E-state index contributed by atoms with van der Waals surface area (Å²) in [6.45, 7) is 1.29. The minimum atomic E-state index is -0.493. The number of esters is 1. The summed E-state index contributed by atoms with van der Waals surface area (Å²) in [6, 6.07) is 13.2. The Bertz CT molecular complexity index is 1340. The first-order chi connectivity index (χ1) is 15.0. The van der Waals surface area contributed by atoms with Crippen LogP contribution in [0.25, 0.3) is 11.0 Å². The van der Waals surface area contributed by atoms with Gasteiger partial charge in [-0.25, -0.2) is 4.98 Å². The lowest BCUT2D eigenvalue weighted by molar-refractivity contribution is -0.132. The largest absolute Gasteiger partial charge is 0.493 e. The third-order valence-electron chi connectivity index (χ3n) is 4.46. The molecule has 0 N–H and O–H groups in total. The SMILES string of the molecule is COc1cc(C=c2sc3nc(Cc4ccccc4)nn3c2=O)cc(OC)c1OC(C)=O. The van der Waals surface area contributed by atoms with Crippen LogP contribution in [0, 0.1) is 0 Å². The van der Waals surface area contributed by atoms with Gasteiger partial charge in [0.1, 0.15) is 0 Å². The van der Waals surface area contributed by atoms with Gasteiger partial charge in [-0.15, -0.1) is 5.10 Å². The van der Waals surface area contributed by atoms with Crippen LogP contribution >= 0.6 is 11.3 Å². The Kier molecular flexibility index (Phi) is 5.68. The highest BCUT2D eigenvalue weighted by molar-refractivity contribution is 7.15. The number of hydrogen-bond acceptors (Lipinski definition) is 8. The Morgan fingerprint density at radius 3 is 2.39 bits per heavy atom. The van der Waals surface area contributed by atoms with E-state index >= 15 is 0 Å². The molecular weight excluding hydrogens is 418 g/mol. The second-order valence-electron chi connectivity index (χ2n) is 6.65. The number of ether oxygens (including phenoxy) is 3. The minimum Gasteiger partial charge on any atom is -0.493 e. The molecule has 4 rings (SSSR count). The van der Waals surface area contributed by atoms with E-state index in [0.29, 0.717) is 38.8 Å². The summed E-state index contributed by atoms with van der Waals surface area (Å²) in [6.07, 6.45) is 2.25. The predicted molar refractivity (Wildman–Crippen MR) is 116 cm³/mol. The predicted octanol–water partition coefficient (Wildman–Crippen LogP) is 2.23. The van der Waals surface area contributed by atoms with Gasteiger partial charge in [0, 0.05) is 13.3 Å². The summed E-state index contributed by atoms with van der Waals surface area (Å²) in [5.41, 5.74) is 1.47. The smallest absolute Gasteiger partial charge is 0.308 e. The van der Waals surface area contributed by atoms with Crippen LogP contribution in [-0.4, -0.2) is 34.8 Å². The normalized spacial score (nSPS) is 11.6. The number of thiazole rings is 1. The fourth-order valence-corrected chi connectivity index (χ4v) is 4.03. The maximum absolute atomic E-state index is 12.8. The van der Waals surface area contributed by atoms with Gasteiger partial charge in [0.15, 0.2) is 17.3 Å². The first-order valence-corrected chi connectivity index (χ1v) is 10.2. The lowest BCUT2D eigenvalue weighted by Crippen LogP contribution is -2.23. The minimum absolute atomic E-state index is 0.185. The van der Waals surface area contributed by atoms with Crippen molar-refractivity contribution < 1.29 is 19.0 Å². The van der Waals surface area contributed by atoms with Crippen LogP contribution in [0.4, 0.5) is 0 Å². The molecule has 2 heterocycles. The van der Waals surface area contributed by atoms with Crippen molar-refractivity contribution >= 4 is 28.3 Å². The van der Waals surface area contributed by atoms with Crippen molar-refractivity contribution in [3.63, 3.8) is 0 Å². The summed E-state index contributed by atoms with van der Waals surface area (Å²) in [5.74, 6) is 0.920. The zero-order valence-corrected chi connectivity index (χ0v) is 17.9. The second-order valence-corrected chi connectivity index (χ2v) is 7.66. The number of nitrogens with zero attached hydrogens (tertiary/aromatic N) is 3. The highest BCUT2D eigenvalue weighted by Crippen LogP contribution is 2.38. The van der Waals surface area contributed by atoms with Crippen LogP contribution in [0.2, 0.25) is 0 Å². The Labute approximate surface area is 181 Å². The summed E-state index contributed by atoms with van der Waals surface area (Å²) < 4.78 is 17.6. The number of rotatable bonds is 6. The maximum atomic E-state index is 12.8. The first-order valence-electron chi connectivity index (χ1n) is 9.37. The van der Waals surface area contributed by atoms with Gasteiger partial charge < -0.3 is 14.2 Å². The van der Waals surface area contributed by atoms with Crippen molar-refractivity contribution in [2.45, 2.75) is 13.3 Å². The van der Waals surface area contributed by atoms with Crippen LogP contribution in [0.1, 0.15) is 23.9 Å². The molecular formula is C22H19N3O5S. The fraction of sp³-hybridized carbons (Fsp3) is 0.182. The molecule has 9 heteroatoms. The van der Waals surface area contributed by atoms with Crippen molar-refractivity contribution in [2.24, 2.45) is 0 Å². The van der Waals surface area contributed by atoms with Gasteiger partial charge >= 0.3 is 5.97 Å². The lowest BCUT2D eigenvalue weighted by atomic mass is 10.1. The van der Waals surface area contributed by atoms with Gasteiger partial charge in [-0.05, 0) is 29.3 Å². The van der Waals surface area contributed by atoms with Crippen LogP contribution in [0.15, 0.2) is 47.3 Å². The van der Waals surface area contributed by atoms with Crippen molar-refractivity contribution in [3.8, 4) is 17.2 Å². The van der Waals surface area contributed by atoms with Gasteiger partial charge in [-0.3, -0.25) is 9.59 Å². The van der Waals surface area contributed by atoms with Crippen molar-refractivity contribution in [1.29, 1.82) is 0 Å². The standard InChI is InChI=1S/C22H19N3O5S/c1-13(26)30-20-16(28-2)9-15(10-17(20)29-3)11-18-21(27)25-22(31-18)23-19(24-25)12-14-7-5-4-6-8-14/h4-11H,12H2,1-3H3. The molecule has 0 unspecified atom stereocenters. The molecule has 0 aliphatic rings. The van der Waals surface area contributed by atoms with Gasteiger partial charge in [-0.1, -0.05) is 41.7 Å². The summed E-state index contributed by atoms with van der Waals surface area (Å²) >= 11 is 1.25. The van der Waals surface area contributed by atoms with Gasteiger partial charge in [0.2, 0.25) is 10.7 Å². The Balaban J connectivity index is 1.72. The molecule has 8 nitrogen and oxygen atoms in total. The zero-order valence-electron chi connectivity index (χ0n) is 17.1. The molecule has 158 valence electrons. The molecule has 0 aliphatic carbocycles. The van der Waals surface area contributed by atoms with Crippen LogP contribution < -0.4 is 24.3 Å². The van der Waals surface area contributed by atoms with Crippen LogP contribution in [-0.2, 0) is 11.2 Å². The van der Waals surface area contributed by atoms with E-state index in [9.17, 15) is 9.59 Å². The van der Waals surface area contributed by atoms with Gasteiger partial charge in [-0.2, -0.15) is 4.52 Å². The highest BCUT2D eigenvalue weighted by Gasteiger charge is 2.16. The average molecular weight is 437 g/mol. The molecule has 0 bridgehead atoms. The molecule has 0 radical (unpaired) electrons. The number of methoxy groups -OCH3 is 2. The average Bonchev–Trinajstić information content (AvgIpc) is 3.27. The Morgan fingerprint density at radius 1 is 1.13 bits per heavy atom. The Morgan fingerprint density at radius 2 is 1.81 bits per heavy atom.